The summed E-state index contributed by atoms with van der Waals surface area (Å²) in [6.45, 7) is 1.58. The number of hydrogen-bond donors (Lipinski definition) is 2. The van der Waals surface area contributed by atoms with E-state index in [1.54, 1.807) is 48.5 Å². The minimum Gasteiger partial charge on any atom is -0.484 e. The molecule has 10 heteroatoms. The van der Waals surface area contributed by atoms with E-state index in [2.05, 4.69) is 10.9 Å². The fourth-order valence-corrected chi connectivity index (χ4v) is 5.92. The van der Waals surface area contributed by atoms with Gasteiger partial charge in [0.05, 0.1) is 15.5 Å². The summed E-state index contributed by atoms with van der Waals surface area (Å²) >= 11 is 1.45. The first-order chi connectivity index (χ1) is 16.2. The van der Waals surface area contributed by atoms with Gasteiger partial charge in [0.2, 0.25) is 0 Å². The van der Waals surface area contributed by atoms with Gasteiger partial charge in [-0.1, -0.05) is 17.7 Å². The van der Waals surface area contributed by atoms with Crippen molar-refractivity contribution in [1.82, 2.24) is 10.9 Å². The third kappa shape index (κ3) is 5.23. The second-order valence-corrected chi connectivity index (χ2v) is 11.1. The lowest BCUT2D eigenvalue weighted by Gasteiger charge is -2.20. The molecule has 34 heavy (non-hydrogen) atoms. The number of amides is 2. The van der Waals surface area contributed by atoms with E-state index in [-0.39, 0.29) is 17.4 Å². The Kier molecular flexibility index (Phi) is 6.90. The molecule has 0 bridgehead atoms. The number of rotatable bonds is 7. The molecule has 2 aromatic carbocycles. The monoisotopic (exact) mass is 499 g/mol. The lowest BCUT2D eigenvalue weighted by atomic mass is 10.2. The average molecular weight is 500 g/mol. The topological polar surface area (TPSA) is 105 Å². The number of nitrogens with one attached hydrogen (secondary N) is 2. The van der Waals surface area contributed by atoms with Gasteiger partial charge in [0.1, 0.15) is 5.75 Å². The second-order valence-electron chi connectivity index (χ2n) is 7.98. The quantitative estimate of drug-likeness (QED) is 0.486. The molecule has 0 spiro atoms. The number of hydrogen-bond acceptors (Lipinski definition) is 6. The van der Waals surface area contributed by atoms with Crippen molar-refractivity contribution in [1.29, 1.82) is 0 Å². The molecule has 178 valence electrons. The largest absolute Gasteiger partial charge is 0.484 e. The molecular formula is C24H25N3O5S2. The molecule has 0 radical (unpaired) electrons. The average Bonchev–Trinajstić information content (AvgIpc) is 3.44. The van der Waals surface area contributed by atoms with Crippen molar-refractivity contribution in [2.75, 3.05) is 18.0 Å². The number of carbonyl (C=O) groups excluding carboxylic acids is 2. The van der Waals surface area contributed by atoms with Crippen LogP contribution in [0.5, 0.6) is 5.75 Å². The second kappa shape index (κ2) is 9.86. The highest BCUT2D eigenvalue weighted by Gasteiger charge is 2.21. The van der Waals surface area contributed by atoms with Crippen LogP contribution in [0.25, 0.3) is 0 Å². The number of thiophene rings is 1. The predicted molar refractivity (Wildman–Crippen MR) is 131 cm³/mol. The van der Waals surface area contributed by atoms with Gasteiger partial charge in [0.25, 0.3) is 21.8 Å². The van der Waals surface area contributed by atoms with Crippen LogP contribution in [0, 0.1) is 6.92 Å². The van der Waals surface area contributed by atoms with Crippen LogP contribution in [0.1, 0.15) is 32.1 Å². The smallest absolute Gasteiger partial charge is 0.279 e. The molecule has 0 aliphatic heterocycles. The predicted octanol–water partition coefficient (Wildman–Crippen LogP) is 3.21. The van der Waals surface area contributed by atoms with Crippen LogP contribution in [0.4, 0.5) is 5.69 Å². The van der Waals surface area contributed by atoms with E-state index >= 15 is 0 Å². The first kappa shape index (κ1) is 23.8. The summed E-state index contributed by atoms with van der Waals surface area (Å²) in [5.74, 6) is -0.475. The molecule has 0 atom stereocenters. The van der Waals surface area contributed by atoms with Crippen molar-refractivity contribution in [3.05, 3.63) is 75.5 Å². The van der Waals surface area contributed by atoms with E-state index in [1.165, 1.54) is 33.1 Å². The number of nitrogens with zero attached hydrogens (tertiary/aromatic N) is 1. The lowest BCUT2D eigenvalue weighted by molar-refractivity contribution is -0.123. The van der Waals surface area contributed by atoms with Crippen LogP contribution in [0.3, 0.4) is 0 Å². The number of anilines is 1. The maximum absolute atomic E-state index is 12.8. The van der Waals surface area contributed by atoms with Crippen molar-refractivity contribution in [3.8, 4) is 5.75 Å². The summed E-state index contributed by atoms with van der Waals surface area (Å²) in [5.41, 5.74) is 7.38. The van der Waals surface area contributed by atoms with E-state index in [9.17, 15) is 18.0 Å². The van der Waals surface area contributed by atoms with Gasteiger partial charge in [-0.3, -0.25) is 24.7 Å². The molecule has 0 saturated heterocycles. The van der Waals surface area contributed by atoms with Crippen molar-refractivity contribution in [3.63, 3.8) is 0 Å². The summed E-state index contributed by atoms with van der Waals surface area (Å²) in [7, 11) is -2.22. The zero-order valence-electron chi connectivity index (χ0n) is 18.8. The van der Waals surface area contributed by atoms with Crippen LogP contribution in [-0.4, -0.2) is 33.9 Å². The Morgan fingerprint density at radius 1 is 1.03 bits per heavy atom. The number of carbonyl (C=O) groups is 2. The Morgan fingerprint density at radius 2 is 1.74 bits per heavy atom. The van der Waals surface area contributed by atoms with Gasteiger partial charge in [0, 0.05) is 11.9 Å². The van der Waals surface area contributed by atoms with Crippen LogP contribution in [0.15, 0.2) is 59.5 Å². The van der Waals surface area contributed by atoms with Gasteiger partial charge >= 0.3 is 0 Å². The molecular weight excluding hydrogens is 474 g/mol. The maximum atomic E-state index is 12.8. The lowest BCUT2D eigenvalue weighted by Crippen LogP contribution is -2.43. The molecule has 0 unspecified atom stereocenters. The van der Waals surface area contributed by atoms with Crippen LogP contribution in [-0.2, 0) is 27.7 Å². The van der Waals surface area contributed by atoms with Crippen LogP contribution in [0.2, 0.25) is 0 Å². The molecule has 1 aromatic heterocycles. The minimum atomic E-state index is -3.70. The third-order valence-electron chi connectivity index (χ3n) is 5.54. The molecule has 0 fully saturated rings. The standard InChI is InChI=1S/C24H25N3O5S2/c1-16-6-12-20(13-7-16)34(30,31)27(2)18-8-10-19(11-9-18)32-15-23(28)25-26-24(29)22-14-17-4-3-5-21(17)33-22/h6-14H,3-5,15H2,1-2H3,(H,25,28)(H,26,29). The maximum Gasteiger partial charge on any atom is 0.279 e. The molecule has 3 aromatic rings. The van der Waals surface area contributed by atoms with Gasteiger partial charge in [-0.05, 0) is 74.2 Å². The highest BCUT2D eigenvalue weighted by molar-refractivity contribution is 7.92. The zero-order valence-corrected chi connectivity index (χ0v) is 20.5. The number of hydrazine groups is 1. The van der Waals surface area contributed by atoms with Crippen LogP contribution < -0.4 is 19.9 Å². The van der Waals surface area contributed by atoms with Gasteiger partial charge < -0.3 is 4.74 Å². The summed E-state index contributed by atoms with van der Waals surface area (Å²) in [5, 5.41) is 0. The van der Waals surface area contributed by atoms with Crippen LogP contribution >= 0.6 is 11.3 Å². The summed E-state index contributed by atoms with van der Waals surface area (Å²) in [6.07, 6.45) is 3.11. The molecule has 1 heterocycles. The Bertz CT molecular complexity index is 1280. The number of sulfonamides is 1. The molecule has 4 rings (SSSR count). The SMILES string of the molecule is Cc1ccc(S(=O)(=O)N(C)c2ccc(OCC(=O)NNC(=O)c3cc4c(s3)CCC4)cc2)cc1. The van der Waals surface area contributed by atoms with Gasteiger partial charge in [-0.15, -0.1) is 11.3 Å². The van der Waals surface area contributed by atoms with Crippen molar-refractivity contribution >= 4 is 38.9 Å². The Balaban J connectivity index is 1.28. The normalized spacial score (nSPS) is 12.6. The zero-order chi connectivity index (χ0) is 24.3. The Morgan fingerprint density at radius 3 is 2.41 bits per heavy atom. The number of aryl methyl sites for hydroxylation is 3. The molecule has 0 saturated carbocycles. The van der Waals surface area contributed by atoms with E-state index in [4.69, 9.17) is 4.74 Å². The van der Waals surface area contributed by atoms with E-state index in [0.717, 1.165) is 24.8 Å². The molecule has 1 aliphatic rings. The molecule has 2 amide bonds. The van der Waals surface area contributed by atoms with Crippen molar-refractivity contribution < 1.29 is 22.7 Å². The highest BCUT2D eigenvalue weighted by atomic mass is 32.2. The highest BCUT2D eigenvalue weighted by Crippen LogP contribution is 2.30. The first-order valence-electron chi connectivity index (χ1n) is 10.7. The van der Waals surface area contributed by atoms with Crippen molar-refractivity contribution in [2.24, 2.45) is 0 Å². The van der Waals surface area contributed by atoms with Gasteiger partial charge in [-0.2, -0.15) is 0 Å². The Labute approximate surface area is 202 Å². The summed E-state index contributed by atoms with van der Waals surface area (Å²) in [6, 6.07) is 14.9. The molecule has 2 N–H and O–H groups in total. The third-order valence-corrected chi connectivity index (χ3v) is 8.57. The minimum absolute atomic E-state index is 0.201. The van der Waals surface area contributed by atoms with Gasteiger partial charge in [-0.25, -0.2) is 8.42 Å². The summed E-state index contributed by atoms with van der Waals surface area (Å²) in [4.78, 5) is 26.3. The number of ether oxygens (including phenoxy) is 1. The first-order valence-corrected chi connectivity index (χ1v) is 13.0. The Hall–Kier alpha value is -3.37. The fraction of sp³-hybridized carbons (Fsp3) is 0.250. The number of benzene rings is 2. The van der Waals surface area contributed by atoms with E-state index in [1.807, 2.05) is 13.0 Å². The van der Waals surface area contributed by atoms with Crippen molar-refractivity contribution in [2.45, 2.75) is 31.1 Å². The van der Waals surface area contributed by atoms with E-state index in [0.29, 0.717) is 16.3 Å². The molecule has 1 aliphatic carbocycles. The fourth-order valence-electron chi connectivity index (χ4n) is 3.57. The van der Waals surface area contributed by atoms with E-state index < -0.39 is 15.9 Å². The summed E-state index contributed by atoms with van der Waals surface area (Å²) < 4.78 is 32.3. The van der Waals surface area contributed by atoms with Gasteiger partial charge in [0.15, 0.2) is 6.61 Å². The molecule has 8 nitrogen and oxygen atoms in total. The number of fused-ring (bicyclic) bond motifs is 1.